The molecule has 3 aliphatic rings. The van der Waals surface area contributed by atoms with E-state index in [9.17, 15) is 9.59 Å². The zero-order valence-electron chi connectivity index (χ0n) is 13.8. The van der Waals surface area contributed by atoms with Crippen LogP contribution >= 0.6 is 11.8 Å². The molecule has 0 unspecified atom stereocenters. The second-order valence-electron chi connectivity index (χ2n) is 7.00. The number of esters is 1. The van der Waals surface area contributed by atoms with Crippen LogP contribution in [0, 0.1) is 11.8 Å². The van der Waals surface area contributed by atoms with E-state index in [0.717, 1.165) is 50.0 Å². The quantitative estimate of drug-likeness (QED) is 0.788. The summed E-state index contributed by atoms with van der Waals surface area (Å²) in [5.74, 6) is 1.15. The third-order valence-electron chi connectivity index (χ3n) is 5.15. The summed E-state index contributed by atoms with van der Waals surface area (Å²) in [7, 11) is 0. The lowest BCUT2D eigenvalue weighted by atomic mass is 9.97. The van der Waals surface area contributed by atoms with Crippen LogP contribution in [0.3, 0.4) is 0 Å². The Labute approximate surface area is 146 Å². The zero-order valence-corrected chi connectivity index (χ0v) is 14.6. The Hall–Kier alpha value is -1.49. The fourth-order valence-corrected chi connectivity index (χ4v) is 4.72. The van der Waals surface area contributed by atoms with Gasteiger partial charge in [-0.3, -0.25) is 9.59 Å². The molecular formula is C19H23NO3S. The van der Waals surface area contributed by atoms with Crippen molar-refractivity contribution in [3.05, 3.63) is 29.8 Å². The number of hydrogen-bond acceptors (Lipinski definition) is 4. The maximum Gasteiger partial charge on any atom is 0.311 e. The predicted octanol–water partition coefficient (Wildman–Crippen LogP) is 3.42. The van der Waals surface area contributed by atoms with E-state index < -0.39 is 0 Å². The molecule has 1 saturated carbocycles. The number of amides is 1. The van der Waals surface area contributed by atoms with Crippen molar-refractivity contribution < 1.29 is 14.3 Å². The summed E-state index contributed by atoms with van der Waals surface area (Å²) >= 11 is 1.83. The number of carbonyl (C=O) groups is 2. The SMILES string of the molecule is O=C(O[C@H]1CCSc2ccccc21)[C@H]1CCCN(C(=O)C2CC2)C1. The Bertz CT molecular complexity index is 643. The minimum Gasteiger partial charge on any atom is -0.457 e. The van der Waals surface area contributed by atoms with Crippen LogP contribution in [-0.2, 0) is 14.3 Å². The summed E-state index contributed by atoms with van der Waals surface area (Å²) < 4.78 is 5.87. The second kappa shape index (κ2) is 6.79. The Balaban J connectivity index is 1.40. The molecule has 0 N–H and O–H groups in total. The van der Waals surface area contributed by atoms with Gasteiger partial charge in [0.1, 0.15) is 6.10 Å². The van der Waals surface area contributed by atoms with Crippen LogP contribution in [-0.4, -0.2) is 35.6 Å². The van der Waals surface area contributed by atoms with Gasteiger partial charge in [-0.2, -0.15) is 0 Å². The number of likely N-dealkylation sites (tertiary alicyclic amines) is 1. The Morgan fingerprint density at radius 3 is 2.75 bits per heavy atom. The number of benzene rings is 1. The molecule has 1 aromatic rings. The van der Waals surface area contributed by atoms with Gasteiger partial charge in [0.05, 0.1) is 5.92 Å². The highest BCUT2D eigenvalue weighted by atomic mass is 32.2. The largest absolute Gasteiger partial charge is 0.457 e. The van der Waals surface area contributed by atoms with Crippen molar-refractivity contribution in [1.82, 2.24) is 4.90 Å². The standard InChI is InChI=1S/C19H23NO3S/c21-18(13-7-8-13)20-10-3-4-14(12-20)19(22)23-16-9-11-24-17-6-2-1-5-15(16)17/h1-2,5-6,13-14,16H,3-4,7-12H2/t14-,16-/m0/s1. The molecule has 4 nitrogen and oxygen atoms in total. The third kappa shape index (κ3) is 3.32. The highest BCUT2D eigenvalue weighted by Gasteiger charge is 2.37. The van der Waals surface area contributed by atoms with Crippen molar-refractivity contribution in [2.24, 2.45) is 11.8 Å². The van der Waals surface area contributed by atoms with E-state index in [-0.39, 0.29) is 29.8 Å². The summed E-state index contributed by atoms with van der Waals surface area (Å²) in [6.07, 6.45) is 4.49. The molecule has 2 aliphatic heterocycles. The van der Waals surface area contributed by atoms with E-state index in [4.69, 9.17) is 4.74 Å². The molecule has 0 spiro atoms. The second-order valence-corrected chi connectivity index (χ2v) is 8.13. The number of fused-ring (bicyclic) bond motifs is 1. The lowest BCUT2D eigenvalue weighted by Gasteiger charge is -2.33. The first-order valence-corrected chi connectivity index (χ1v) is 9.92. The average Bonchev–Trinajstić information content (AvgIpc) is 3.47. The maximum absolute atomic E-state index is 12.7. The van der Waals surface area contributed by atoms with Gasteiger partial charge in [-0.25, -0.2) is 0 Å². The van der Waals surface area contributed by atoms with Gasteiger partial charge in [-0.1, -0.05) is 18.2 Å². The number of nitrogens with zero attached hydrogens (tertiary/aromatic N) is 1. The molecule has 5 heteroatoms. The molecule has 4 rings (SSSR count). The van der Waals surface area contributed by atoms with Gasteiger partial charge in [0.25, 0.3) is 0 Å². The number of piperidine rings is 1. The van der Waals surface area contributed by atoms with Gasteiger partial charge in [0, 0.05) is 35.2 Å². The summed E-state index contributed by atoms with van der Waals surface area (Å²) in [6, 6.07) is 8.18. The van der Waals surface area contributed by atoms with Crippen molar-refractivity contribution in [2.75, 3.05) is 18.8 Å². The van der Waals surface area contributed by atoms with Crippen LogP contribution in [0.2, 0.25) is 0 Å². The molecule has 1 aliphatic carbocycles. The first-order valence-electron chi connectivity index (χ1n) is 8.93. The highest BCUT2D eigenvalue weighted by molar-refractivity contribution is 7.99. The monoisotopic (exact) mass is 345 g/mol. The number of hydrogen-bond donors (Lipinski definition) is 0. The van der Waals surface area contributed by atoms with Crippen LogP contribution in [0.15, 0.2) is 29.2 Å². The van der Waals surface area contributed by atoms with Crippen molar-refractivity contribution in [2.45, 2.75) is 43.1 Å². The average molecular weight is 345 g/mol. The summed E-state index contributed by atoms with van der Waals surface area (Å²) in [5.41, 5.74) is 1.13. The summed E-state index contributed by atoms with van der Waals surface area (Å²) in [6.45, 7) is 1.33. The molecule has 1 aromatic carbocycles. The van der Waals surface area contributed by atoms with Gasteiger partial charge in [0.2, 0.25) is 5.91 Å². The molecule has 2 atom stereocenters. The van der Waals surface area contributed by atoms with Crippen LogP contribution in [0.4, 0.5) is 0 Å². The van der Waals surface area contributed by atoms with Crippen molar-refractivity contribution in [1.29, 1.82) is 0 Å². The molecule has 2 heterocycles. The van der Waals surface area contributed by atoms with Crippen molar-refractivity contribution >= 4 is 23.6 Å². The zero-order chi connectivity index (χ0) is 16.5. The Morgan fingerprint density at radius 1 is 1.08 bits per heavy atom. The third-order valence-corrected chi connectivity index (χ3v) is 6.28. The van der Waals surface area contributed by atoms with Crippen LogP contribution in [0.25, 0.3) is 0 Å². The Morgan fingerprint density at radius 2 is 1.92 bits per heavy atom. The first kappa shape index (κ1) is 16.0. The predicted molar refractivity (Wildman–Crippen MR) is 92.6 cm³/mol. The summed E-state index contributed by atoms with van der Waals surface area (Å²) in [5, 5.41) is 0. The first-order chi connectivity index (χ1) is 11.7. The fraction of sp³-hybridized carbons (Fsp3) is 0.579. The molecule has 1 saturated heterocycles. The number of carbonyl (C=O) groups excluding carboxylic acids is 2. The van der Waals surface area contributed by atoms with Crippen molar-refractivity contribution in [3.8, 4) is 0 Å². The molecule has 24 heavy (non-hydrogen) atoms. The lowest BCUT2D eigenvalue weighted by molar-refractivity contribution is -0.157. The van der Waals surface area contributed by atoms with Gasteiger partial charge >= 0.3 is 5.97 Å². The van der Waals surface area contributed by atoms with E-state index in [1.165, 1.54) is 4.90 Å². The summed E-state index contributed by atoms with van der Waals surface area (Å²) in [4.78, 5) is 28.0. The molecule has 0 bridgehead atoms. The number of rotatable bonds is 3. The van der Waals surface area contributed by atoms with Gasteiger partial charge in [0.15, 0.2) is 0 Å². The minimum atomic E-state index is -0.164. The van der Waals surface area contributed by atoms with E-state index in [1.54, 1.807) is 0 Å². The number of ether oxygens (including phenoxy) is 1. The van der Waals surface area contributed by atoms with E-state index >= 15 is 0 Å². The van der Waals surface area contributed by atoms with E-state index in [2.05, 4.69) is 12.1 Å². The maximum atomic E-state index is 12.7. The van der Waals surface area contributed by atoms with Crippen LogP contribution < -0.4 is 0 Å². The van der Waals surface area contributed by atoms with Crippen molar-refractivity contribution in [3.63, 3.8) is 0 Å². The normalized spacial score (nSPS) is 26.6. The van der Waals surface area contributed by atoms with Crippen LogP contribution in [0.1, 0.15) is 43.8 Å². The van der Waals surface area contributed by atoms with Gasteiger partial charge in [-0.05, 0) is 38.2 Å². The highest BCUT2D eigenvalue weighted by Crippen LogP contribution is 2.39. The molecular weight excluding hydrogens is 322 g/mol. The molecule has 0 radical (unpaired) electrons. The smallest absolute Gasteiger partial charge is 0.311 e. The molecule has 2 fully saturated rings. The van der Waals surface area contributed by atoms with Gasteiger partial charge < -0.3 is 9.64 Å². The molecule has 0 aromatic heterocycles. The van der Waals surface area contributed by atoms with Crippen LogP contribution in [0.5, 0.6) is 0 Å². The lowest BCUT2D eigenvalue weighted by Crippen LogP contribution is -2.43. The molecule has 128 valence electrons. The molecule has 1 amide bonds. The van der Waals surface area contributed by atoms with E-state index in [1.807, 2.05) is 28.8 Å². The minimum absolute atomic E-state index is 0.130. The number of thioether (sulfide) groups is 1. The fourth-order valence-electron chi connectivity index (χ4n) is 3.63. The van der Waals surface area contributed by atoms with Gasteiger partial charge in [-0.15, -0.1) is 11.8 Å². The van der Waals surface area contributed by atoms with E-state index in [0.29, 0.717) is 6.54 Å². The topological polar surface area (TPSA) is 46.6 Å². The Kier molecular flexibility index (Phi) is 4.53.